The molecule has 0 saturated carbocycles. The van der Waals surface area contributed by atoms with Crippen LogP contribution in [0.5, 0.6) is 5.75 Å². The number of thioether (sulfide) groups is 1. The van der Waals surface area contributed by atoms with Crippen LogP contribution in [-0.4, -0.2) is 18.0 Å². The van der Waals surface area contributed by atoms with Gasteiger partial charge in [0.1, 0.15) is 5.75 Å². The summed E-state index contributed by atoms with van der Waals surface area (Å²) in [5.41, 5.74) is 3.13. The van der Waals surface area contributed by atoms with E-state index in [4.69, 9.17) is 4.74 Å². The minimum atomic E-state index is -0.533. The van der Waals surface area contributed by atoms with Crippen LogP contribution < -0.4 is 4.74 Å². The summed E-state index contributed by atoms with van der Waals surface area (Å²) in [6, 6.07) is 14.1. The highest BCUT2D eigenvalue weighted by Crippen LogP contribution is 2.33. The molecule has 1 atom stereocenters. The molecule has 1 unspecified atom stereocenters. The summed E-state index contributed by atoms with van der Waals surface area (Å²) in [6.45, 7) is 4.07. The summed E-state index contributed by atoms with van der Waals surface area (Å²) in [5.74, 6) is 1.41. The fourth-order valence-electron chi connectivity index (χ4n) is 2.13. The van der Waals surface area contributed by atoms with Gasteiger partial charge in [0.2, 0.25) is 0 Å². The molecule has 0 heterocycles. The summed E-state index contributed by atoms with van der Waals surface area (Å²) in [5, 5.41) is 10.4. The zero-order valence-corrected chi connectivity index (χ0v) is 12.9. The van der Waals surface area contributed by atoms with Gasteiger partial charge in [-0.15, -0.1) is 11.8 Å². The monoisotopic (exact) mass is 288 g/mol. The molecule has 1 N–H and O–H groups in total. The van der Waals surface area contributed by atoms with Gasteiger partial charge in [-0.25, -0.2) is 0 Å². The van der Waals surface area contributed by atoms with Gasteiger partial charge in [0.15, 0.2) is 0 Å². The number of rotatable bonds is 5. The molecule has 0 fully saturated rings. The van der Waals surface area contributed by atoms with E-state index in [1.807, 2.05) is 44.2 Å². The third kappa shape index (κ3) is 3.35. The van der Waals surface area contributed by atoms with E-state index in [1.54, 1.807) is 18.9 Å². The molecule has 0 aliphatic heterocycles. The van der Waals surface area contributed by atoms with Gasteiger partial charge >= 0.3 is 0 Å². The summed E-state index contributed by atoms with van der Waals surface area (Å²) >= 11 is 1.65. The molecule has 0 aliphatic carbocycles. The van der Waals surface area contributed by atoms with Gasteiger partial charge < -0.3 is 9.84 Å². The van der Waals surface area contributed by atoms with Gasteiger partial charge in [-0.2, -0.15) is 0 Å². The van der Waals surface area contributed by atoms with E-state index in [1.165, 1.54) is 5.56 Å². The molecule has 106 valence electrons. The van der Waals surface area contributed by atoms with Crippen molar-refractivity contribution in [1.82, 2.24) is 0 Å². The van der Waals surface area contributed by atoms with E-state index in [0.717, 1.165) is 21.8 Å². The van der Waals surface area contributed by atoms with Crippen LogP contribution in [-0.2, 0) is 0 Å². The maximum atomic E-state index is 10.4. The number of aliphatic hydroxyl groups excluding tert-OH is 1. The highest BCUT2D eigenvalue weighted by Gasteiger charge is 2.16. The topological polar surface area (TPSA) is 29.5 Å². The summed E-state index contributed by atoms with van der Waals surface area (Å²) in [4.78, 5) is 1.16. The van der Waals surface area contributed by atoms with Crippen molar-refractivity contribution in [3.8, 4) is 5.75 Å². The Kier molecular flexibility index (Phi) is 5.10. The lowest BCUT2D eigenvalue weighted by Crippen LogP contribution is -2.05. The fourth-order valence-corrected chi connectivity index (χ4v) is 3.01. The van der Waals surface area contributed by atoms with Crippen molar-refractivity contribution in [3.05, 3.63) is 59.2 Å². The van der Waals surface area contributed by atoms with Crippen molar-refractivity contribution in [2.45, 2.75) is 24.8 Å². The molecule has 0 aliphatic rings. The largest absolute Gasteiger partial charge is 0.496 e. The number of hydrogen-bond acceptors (Lipinski definition) is 3. The third-order valence-electron chi connectivity index (χ3n) is 3.42. The van der Waals surface area contributed by atoms with Crippen LogP contribution >= 0.6 is 11.8 Å². The van der Waals surface area contributed by atoms with Gasteiger partial charge in [-0.1, -0.05) is 30.3 Å². The predicted molar refractivity (Wildman–Crippen MR) is 84.6 cm³/mol. The van der Waals surface area contributed by atoms with Crippen LogP contribution in [0, 0.1) is 13.8 Å². The Bertz CT molecular complexity index is 567. The standard InChI is InChI=1S/C17H20O2S/c1-12-9-10-15(17(19-3)13(12)2)16(18)11-20-14-7-5-4-6-8-14/h4-10,16,18H,11H2,1-3H3. The van der Waals surface area contributed by atoms with Crippen molar-refractivity contribution in [2.75, 3.05) is 12.9 Å². The van der Waals surface area contributed by atoms with E-state index >= 15 is 0 Å². The Labute approximate surface area is 124 Å². The van der Waals surface area contributed by atoms with E-state index < -0.39 is 6.10 Å². The predicted octanol–water partition coefficient (Wildman–Crippen LogP) is 4.14. The molecular weight excluding hydrogens is 268 g/mol. The van der Waals surface area contributed by atoms with Crippen LogP contribution in [0.2, 0.25) is 0 Å². The van der Waals surface area contributed by atoms with Gasteiger partial charge in [0.25, 0.3) is 0 Å². The number of benzene rings is 2. The summed E-state index contributed by atoms with van der Waals surface area (Å²) < 4.78 is 5.46. The molecule has 0 radical (unpaired) electrons. The first kappa shape index (κ1) is 14.9. The first-order valence-corrected chi connectivity index (χ1v) is 7.62. The van der Waals surface area contributed by atoms with Crippen molar-refractivity contribution in [1.29, 1.82) is 0 Å². The van der Waals surface area contributed by atoms with Crippen molar-refractivity contribution < 1.29 is 9.84 Å². The molecule has 2 aromatic rings. The minimum Gasteiger partial charge on any atom is -0.496 e. The van der Waals surface area contributed by atoms with Gasteiger partial charge in [-0.3, -0.25) is 0 Å². The van der Waals surface area contributed by atoms with Gasteiger partial charge in [-0.05, 0) is 37.1 Å². The lowest BCUT2D eigenvalue weighted by Gasteiger charge is -2.17. The van der Waals surface area contributed by atoms with E-state index in [9.17, 15) is 5.11 Å². The molecule has 0 amide bonds. The van der Waals surface area contributed by atoms with Crippen molar-refractivity contribution in [2.24, 2.45) is 0 Å². The third-order valence-corrected chi connectivity index (χ3v) is 4.51. The maximum Gasteiger partial charge on any atom is 0.127 e. The first-order chi connectivity index (χ1) is 9.63. The van der Waals surface area contributed by atoms with Gasteiger partial charge in [0.05, 0.1) is 13.2 Å². The first-order valence-electron chi connectivity index (χ1n) is 6.63. The summed E-state index contributed by atoms with van der Waals surface area (Å²) in [6.07, 6.45) is -0.533. The smallest absolute Gasteiger partial charge is 0.127 e. The second kappa shape index (κ2) is 6.82. The zero-order valence-electron chi connectivity index (χ0n) is 12.1. The van der Waals surface area contributed by atoms with Gasteiger partial charge in [0, 0.05) is 16.2 Å². The number of aryl methyl sites for hydroxylation is 1. The highest BCUT2D eigenvalue weighted by molar-refractivity contribution is 7.99. The van der Waals surface area contributed by atoms with Crippen LogP contribution in [0.15, 0.2) is 47.4 Å². The van der Waals surface area contributed by atoms with E-state index in [-0.39, 0.29) is 0 Å². The van der Waals surface area contributed by atoms with Crippen LogP contribution in [0.1, 0.15) is 22.8 Å². The van der Waals surface area contributed by atoms with Crippen LogP contribution in [0.25, 0.3) is 0 Å². The lowest BCUT2D eigenvalue weighted by molar-refractivity contribution is 0.198. The Morgan fingerprint density at radius 3 is 2.45 bits per heavy atom. The van der Waals surface area contributed by atoms with Crippen molar-refractivity contribution in [3.63, 3.8) is 0 Å². The molecular formula is C17H20O2S. The molecule has 0 bridgehead atoms. The Morgan fingerprint density at radius 1 is 1.10 bits per heavy atom. The number of methoxy groups -OCH3 is 1. The second-order valence-electron chi connectivity index (χ2n) is 4.77. The Balaban J connectivity index is 2.13. The van der Waals surface area contributed by atoms with E-state index in [2.05, 4.69) is 12.1 Å². The average Bonchev–Trinajstić information content (AvgIpc) is 2.48. The molecule has 0 spiro atoms. The Morgan fingerprint density at radius 2 is 1.80 bits per heavy atom. The molecule has 2 aromatic carbocycles. The summed E-state index contributed by atoms with van der Waals surface area (Å²) in [7, 11) is 1.66. The minimum absolute atomic E-state index is 0.533. The molecule has 2 nitrogen and oxygen atoms in total. The molecule has 3 heteroatoms. The van der Waals surface area contributed by atoms with E-state index in [0.29, 0.717) is 5.75 Å². The molecule has 20 heavy (non-hydrogen) atoms. The fraction of sp³-hybridized carbons (Fsp3) is 0.294. The average molecular weight is 288 g/mol. The maximum absolute atomic E-state index is 10.4. The zero-order chi connectivity index (χ0) is 14.5. The number of aliphatic hydroxyl groups is 1. The number of hydrogen-bond donors (Lipinski definition) is 1. The highest BCUT2D eigenvalue weighted by atomic mass is 32.2. The quantitative estimate of drug-likeness (QED) is 0.839. The Hall–Kier alpha value is -1.45. The van der Waals surface area contributed by atoms with Crippen LogP contribution in [0.3, 0.4) is 0 Å². The number of ether oxygens (including phenoxy) is 1. The normalized spacial score (nSPS) is 12.2. The SMILES string of the molecule is COc1c(C(O)CSc2ccccc2)ccc(C)c1C. The molecule has 0 aromatic heterocycles. The second-order valence-corrected chi connectivity index (χ2v) is 5.86. The lowest BCUT2D eigenvalue weighted by atomic mass is 10.0. The van der Waals surface area contributed by atoms with Crippen molar-refractivity contribution >= 4 is 11.8 Å². The molecule has 0 saturated heterocycles. The molecule has 2 rings (SSSR count). The van der Waals surface area contributed by atoms with Crippen LogP contribution in [0.4, 0.5) is 0 Å².